The summed E-state index contributed by atoms with van der Waals surface area (Å²) in [6.07, 6.45) is -0.284. The number of aromatic nitrogens is 1. The van der Waals surface area contributed by atoms with Gasteiger partial charge in [0, 0.05) is 28.7 Å². The third kappa shape index (κ3) is 8.34. The molecule has 0 bridgehead atoms. The molecule has 1 heterocycles. The molecule has 12 heteroatoms. The Morgan fingerprint density at radius 2 is 2.09 bits per heavy atom. The Kier molecular flexibility index (Phi) is 9.37. The zero-order chi connectivity index (χ0) is 23.9. The summed E-state index contributed by atoms with van der Waals surface area (Å²) in [6.45, 7) is 6.41. The highest BCUT2D eigenvalue weighted by atomic mass is 79.9. The summed E-state index contributed by atoms with van der Waals surface area (Å²) in [4.78, 5) is 24.0. The lowest BCUT2D eigenvalue weighted by Gasteiger charge is -2.22. The number of halogens is 2. The number of amides is 3. The Labute approximate surface area is 198 Å². The molecule has 6 N–H and O–H groups in total. The quantitative estimate of drug-likeness (QED) is 0.319. The number of hydrogen-bond donors (Lipinski definition) is 5. The number of aliphatic hydroxyl groups excluding tert-OH is 1. The van der Waals surface area contributed by atoms with Crippen molar-refractivity contribution in [3.63, 3.8) is 0 Å². The van der Waals surface area contributed by atoms with E-state index in [2.05, 4.69) is 36.3 Å². The molecule has 1 atom stereocenters. The number of primary amides is 1. The van der Waals surface area contributed by atoms with Crippen molar-refractivity contribution < 1.29 is 23.8 Å². The van der Waals surface area contributed by atoms with Gasteiger partial charge in [-0.2, -0.15) is 4.37 Å². The Bertz CT molecular complexity index is 951. The van der Waals surface area contributed by atoms with Gasteiger partial charge in [0.25, 0.3) is 5.91 Å². The van der Waals surface area contributed by atoms with Crippen LogP contribution in [0.3, 0.4) is 0 Å². The number of nitrogens with zero attached hydrogens (tertiary/aromatic N) is 1. The van der Waals surface area contributed by atoms with Gasteiger partial charge in [-0.25, -0.2) is 9.18 Å². The second-order valence-corrected chi connectivity index (χ2v) is 9.72. The van der Waals surface area contributed by atoms with Gasteiger partial charge < -0.3 is 26.2 Å². The van der Waals surface area contributed by atoms with Crippen LogP contribution in [0.4, 0.5) is 14.2 Å². The van der Waals surface area contributed by atoms with Crippen LogP contribution in [-0.2, 0) is 6.61 Å². The Hall–Kier alpha value is -2.28. The number of rotatable bonds is 10. The summed E-state index contributed by atoms with van der Waals surface area (Å²) in [5.41, 5.74) is 5.47. The summed E-state index contributed by atoms with van der Waals surface area (Å²) >= 11 is 3.99. The van der Waals surface area contributed by atoms with Gasteiger partial charge in [-0.15, -0.1) is 0 Å². The fraction of sp³-hybridized carbons (Fsp3) is 0.450. The summed E-state index contributed by atoms with van der Waals surface area (Å²) in [6, 6.07) is 3.90. The van der Waals surface area contributed by atoms with Crippen LogP contribution in [0.5, 0.6) is 5.88 Å². The molecular formula is C20H27BrFN5O4S. The minimum Gasteiger partial charge on any atom is -0.471 e. The fourth-order valence-corrected chi connectivity index (χ4v) is 3.56. The van der Waals surface area contributed by atoms with E-state index in [0.717, 1.165) is 11.5 Å². The molecule has 3 amide bonds. The van der Waals surface area contributed by atoms with Crippen LogP contribution in [0.15, 0.2) is 22.7 Å². The predicted octanol–water partition coefficient (Wildman–Crippen LogP) is 2.98. The van der Waals surface area contributed by atoms with Gasteiger partial charge in [-0.1, -0.05) is 22.0 Å². The molecule has 1 aromatic heterocycles. The van der Waals surface area contributed by atoms with Gasteiger partial charge in [-0.3, -0.25) is 10.1 Å². The molecule has 0 spiro atoms. The summed E-state index contributed by atoms with van der Waals surface area (Å²) in [7, 11) is 0. The molecule has 1 aromatic carbocycles. The Morgan fingerprint density at radius 3 is 2.72 bits per heavy atom. The number of benzene rings is 1. The van der Waals surface area contributed by atoms with Crippen molar-refractivity contribution in [3.05, 3.63) is 39.6 Å². The van der Waals surface area contributed by atoms with E-state index in [1.807, 2.05) is 20.8 Å². The Balaban J connectivity index is 1.91. The zero-order valence-corrected chi connectivity index (χ0v) is 20.4. The highest BCUT2D eigenvalue weighted by Gasteiger charge is 2.22. The van der Waals surface area contributed by atoms with E-state index >= 15 is 0 Å². The third-order valence-electron chi connectivity index (χ3n) is 4.14. The van der Waals surface area contributed by atoms with E-state index in [0.29, 0.717) is 17.4 Å². The molecule has 32 heavy (non-hydrogen) atoms. The second kappa shape index (κ2) is 11.5. The third-order valence-corrected chi connectivity index (χ3v) is 5.38. The van der Waals surface area contributed by atoms with Crippen molar-refractivity contribution in [1.82, 2.24) is 15.0 Å². The summed E-state index contributed by atoms with van der Waals surface area (Å²) < 4.78 is 24.0. The number of aliphatic hydroxyl groups is 1. The van der Waals surface area contributed by atoms with Crippen molar-refractivity contribution in [1.29, 1.82) is 0 Å². The van der Waals surface area contributed by atoms with E-state index in [1.165, 1.54) is 12.1 Å². The first-order valence-corrected chi connectivity index (χ1v) is 11.4. The average molecular weight is 532 g/mol. The lowest BCUT2D eigenvalue weighted by Crippen LogP contribution is -2.42. The van der Waals surface area contributed by atoms with Gasteiger partial charge in [-0.05, 0) is 50.9 Å². The molecule has 0 aliphatic heterocycles. The monoisotopic (exact) mass is 531 g/mol. The normalized spacial score (nSPS) is 12.3. The molecule has 2 rings (SSSR count). The van der Waals surface area contributed by atoms with Crippen LogP contribution in [0, 0.1) is 5.82 Å². The number of anilines is 1. The average Bonchev–Trinajstić information content (AvgIpc) is 3.07. The second-order valence-electron chi connectivity index (χ2n) is 8.03. The van der Waals surface area contributed by atoms with Crippen molar-refractivity contribution in [3.8, 4) is 5.88 Å². The smallest absolute Gasteiger partial charge is 0.319 e. The van der Waals surface area contributed by atoms with E-state index in [-0.39, 0.29) is 40.7 Å². The number of nitrogens with one attached hydrogen (secondary N) is 3. The molecule has 9 nitrogen and oxygen atoms in total. The van der Waals surface area contributed by atoms with Crippen LogP contribution in [0.25, 0.3) is 0 Å². The van der Waals surface area contributed by atoms with Gasteiger partial charge in [0.05, 0.1) is 6.10 Å². The van der Waals surface area contributed by atoms with E-state index in [4.69, 9.17) is 10.5 Å². The highest BCUT2D eigenvalue weighted by Crippen LogP contribution is 2.31. The number of hydrogen-bond acceptors (Lipinski definition) is 7. The van der Waals surface area contributed by atoms with Gasteiger partial charge in [0.1, 0.15) is 23.0 Å². The molecule has 0 saturated carbocycles. The molecular weight excluding hydrogens is 505 g/mol. The molecule has 0 saturated heterocycles. The number of urea groups is 1. The molecule has 0 radical (unpaired) electrons. The maximum atomic E-state index is 14.0. The maximum absolute atomic E-state index is 14.0. The van der Waals surface area contributed by atoms with Crippen molar-refractivity contribution in [2.75, 3.05) is 18.4 Å². The lowest BCUT2D eigenvalue weighted by molar-refractivity contribution is 0.0996. The Morgan fingerprint density at radius 1 is 1.38 bits per heavy atom. The summed E-state index contributed by atoms with van der Waals surface area (Å²) in [5, 5.41) is 18.4. The van der Waals surface area contributed by atoms with Crippen molar-refractivity contribution in [2.45, 2.75) is 45.4 Å². The maximum Gasteiger partial charge on any atom is 0.319 e. The number of β-amino-alcohol motifs (C(OH)–C–C–N with tert-alkyl or cyclic N) is 1. The topological polar surface area (TPSA) is 139 Å². The molecule has 0 fully saturated rings. The van der Waals surface area contributed by atoms with Gasteiger partial charge in [0.2, 0.25) is 5.88 Å². The van der Waals surface area contributed by atoms with E-state index in [1.54, 1.807) is 6.07 Å². The van der Waals surface area contributed by atoms with Crippen molar-refractivity contribution >= 4 is 44.4 Å². The highest BCUT2D eigenvalue weighted by molar-refractivity contribution is 9.10. The number of nitrogens with two attached hydrogens (primary N) is 1. The van der Waals surface area contributed by atoms with Crippen molar-refractivity contribution in [2.24, 2.45) is 5.73 Å². The first-order chi connectivity index (χ1) is 15.0. The van der Waals surface area contributed by atoms with Gasteiger partial charge >= 0.3 is 6.03 Å². The standard InChI is InChI=1S/C20H27BrFN5O4S/c1-20(2,3)25-9-13(28)6-7-24-19(30)26-18-15(16(23)29)17(27-32-18)31-10-11-4-5-12(21)8-14(11)22/h4-5,8,13,25,28H,6-7,9-10H2,1-3H3,(H2,23,29)(H2,24,26,30). The van der Waals surface area contributed by atoms with Gasteiger partial charge in [0.15, 0.2) is 0 Å². The number of carbonyl (C=O) groups is 2. The first kappa shape index (κ1) is 26.0. The summed E-state index contributed by atoms with van der Waals surface area (Å²) in [5.74, 6) is -1.42. The molecule has 0 aliphatic rings. The molecule has 0 aliphatic carbocycles. The van der Waals surface area contributed by atoms with E-state index < -0.39 is 23.9 Å². The minimum absolute atomic E-state index is 0.0937. The van der Waals surface area contributed by atoms with Crippen LogP contribution in [0.1, 0.15) is 43.1 Å². The van der Waals surface area contributed by atoms with Crippen LogP contribution in [0.2, 0.25) is 0 Å². The fourth-order valence-electron chi connectivity index (χ4n) is 2.49. The SMILES string of the molecule is CC(C)(C)NCC(O)CCNC(=O)Nc1snc(OCc2ccc(Br)cc2F)c1C(N)=O. The molecule has 2 aromatic rings. The molecule has 1 unspecified atom stereocenters. The predicted molar refractivity (Wildman–Crippen MR) is 124 cm³/mol. The minimum atomic E-state index is -0.844. The van der Waals surface area contributed by atoms with Crippen LogP contribution < -0.4 is 26.4 Å². The number of carbonyl (C=O) groups excluding carboxylic acids is 2. The van der Waals surface area contributed by atoms with Crippen LogP contribution >= 0.6 is 27.5 Å². The van der Waals surface area contributed by atoms with Crippen LogP contribution in [-0.4, -0.2) is 46.2 Å². The van der Waals surface area contributed by atoms with E-state index in [9.17, 15) is 19.1 Å². The zero-order valence-electron chi connectivity index (χ0n) is 18.0. The lowest BCUT2D eigenvalue weighted by atomic mass is 10.1. The largest absolute Gasteiger partial charge is 0.471 e. The first-order valence-electron chi connectivity index (χ1n) is 9.80. The number of ether oxygens (including phenoxy) is 1. The molecule has 176 valence electrons.